The van der Waals surface area contributed by atoms with Crippen LogP contribution in [0.25, 0.3) is 0 Å². The van der Waals surface area contributed by atoms with Gasteiger partial charge in [-0.05, 0) is 66.8 Å². The van der Waals surface area contributed by atoms with E-state index in [0.29, 0.717) is 11.3 Å². The largest absolute Gasteiger partial charge is 0.322 e. The lowest BCUT2D eigenvalue weighted by Gasteiger charge is -2.07. The number of fused-ring (bicyclic) bond motifs is 1. The van der Waals surface area contributed by atoms with Crippen LogP contribution in [-0.2, 0) is 12.8 Å². The van der Waals surface area contributed by atoms with Crippen LogP contribution in [0.1, 0.15) is 27.9 Å². The SMILES string of the molecule is O=C(Nc1ccc(F)cc1)c1ccc2c(c1)CCC2. The van der Waals surface area contributed by atoms with Crippen molar-refractivity contribution in [2.75, 3.05) is 5.32 Å². The van der Waals surface area contributed by atoms with E-state index in [-0.39, 0.29) is 11.7 Å². The van der Waals surface area contributed by atoms with Crippen molar-refractivity contribution in [1.82, 2.24) is 0 Å². The highest BCUT2D eigenvalue weighted by Crippen LogP contribution is 2.23. The molecule has 0 aromatic heterocycles. The molecule has 0 bridgehead atoms. The summed E-state index contributed by atoms with van der Waals surface area (Å²) >= 11 is 0. The number of halogens is 1. The fraction of sp³-hybridized carbons (Fsp3) is 0.188. The highest BCUT2D eigenvalue weighted by Gasteiger charge is 2.13. The number of aryl methyl sites for hydroxylation is 2. The van der Waals surface area contributed by atoms with Gasteiger partial charge in [0.1, 0.15) is 5.82 Å². The molecule has 0 saturated carbocycles. The number of hydrogen-bond donors (Lipinski definition) is 1. The van der Waals surface area contributed by atoms with Crippen molar-refractivity contribution in [2.45, 2.75) is 19.3 Å². The predicted molar refractivity (Wildman–Crippen MR) is 72.8 cm³/mol. The molecule has 19 heavy (non-hydrogen) atoms. The van der Waals surface area contributed by atoms with Crippen molar-refractivity contribution in [3.63, 3.8) is 0 Å². The summed E-state index contributed by atoms with van der Waals surface area (Å²) in [5.74, 6) is -0.461. The van der Waals surface area contributed by atoms with Gasteiger partial charge in [-0.25, -0.2) is 4.39 Å². The topological polar surface area (TPSA) is 29.1 Å². The first kappa shape index (κ1) is 11.9. The minimum atomic E-state index is -0.310. The Balaban J connectivity index is 1.78. The summed E-state index contributed by atoms with van der Waals surface area (Å²) in [5.41, 5.74) is 3.88. The second kappa shape index (κ2) is 4.84. The molecule has 0 radical (unpaired) electrons. The Morgan fingerprint density at radius 2 is 1.74 bits per heavy atom. The molecule has 0 aliphatic heterocycles. The first-order valence-corrected chi connectivity index (χ1v) is 6.41. The molecule has 1 amide bonds. The maximum Gasteiger partial charge on any atom is 0.255 e. The van der Waals surface area contributed by atoms with Crippen molar-refractivity contribution in [1.29, 1.82) is 0 Å². The van der Waals surface area contributed by atoms with Crippen LogP contribution in [0.15, 0.2) is 42.5 Å². The van der Waals surface area contributed by atoms with Crippen LogP contribution in [0.2, 0.25) is 0 Å². The predicted octanol–water partition coefficient (Wildman–Crippen LogP) is 3.57. The van der Waals surface area contributed by atoms with Gasteiger partial charge in [0.25, 0.3) is 5.91 Å². The maximum atomic E-state index is 12.8. The van der Waals surface area contributed by atoms with Gasteiger partial charge >= 0.3 is 0 Å². The average molecular weight is 255 g/mol. The summed E-state index contributed by atoms with van der Waals surface area (Å²) in [7, 11) is 0. The first-order valence-electron chi connectivity index (χ1n) is 6.41. The minimum absolute atomic E-state index is 0.152. The van der Waals surface area contributed by atoms with Crippen molar-refractivity contribution in [3.05, 3.63) is 65.0 Å². The molecular formula is C16H14FNO. The molecule has 96 valence electrons. The molecule has 2 nitrogen and oxygen atoms in total. The summed E-state index contributed by atoms with van der Waals surface area (Å²) in [4.78, 5) is 12.1. The van der Waals surface area contributed by atoms with Crippen molar-refractivity contribution in [3.8, 4) is 0 Å². The van der Waals surface area contributed by atoms with Crippen LogP contribution in [0.3, 0.4) is 0 Å². The van der Waals surface area contributed by atoms with Gasteiger partial charge in [-0.2, -0.15) is 0 Å². The van der Waals surface area contributed by atoms with Gasteiger partial charge in [0.05, 0.1) is 0 Å². The standard InChI is InChI=1S/C16H14FNO/c17-14-6-8-15(9-7-14)18-16(19)13-5-4-11-2-1-3-12(11)10-13/h4-10H,1-3H2,(H,18,19). The first-order chi connectivity index (χ1) is 9.22. The summed E-state index contributed by atoms with van der Waals surface area (Å²) in [5, 5.41) is 2.77. The number of benzene rings is 2. The van der Waals surface area contributed by atoms with E-state index < -0.39 is 0 Å². The second-order valence-electron chi connectivity index (χ2n) is 4.80. The van der Waals surface area contributed by atoms with Gasteiger partial charge in [0, 0.05) is 11.3 Å². The van der Waals surface area contributed by atoms with Crippen molar-refractivity contribution < 1.29 is 9.18 Å². The van der Waals surface area contributed by atoms with E-state index in [9.17, 15) is 9.18 Å². The molecular weight excluding hydrogens is 241 g/mol. The maximum absolute atomic E-state index is 12.8. The lowest BCUT2D eigenvalue weighted by Crippen LogP contribution is -2.12. The van der Waals surface area contributed by atoms with E-state index in [1.165, 1.54) is 29.7 Å². The highest BCUT2D eigenvalue weighted by atomic mass is 19.1. The van der Waals surface area contributed by atoms with Crippen LogP contribution in [0.5, 0.6) is 0 Å². The lowest BCUT2D eigenvalue weighted by atomic mass is 10.1. The number of rotatable bonds is 2. The molecule has 3 rings (SSSR count). The Morgan fingerprint density at radius 3 is 2.53 bits per heavy atom. The molecule has 0 heterocycles. The van der Waals surface area contributed by atoms with Crippen LogP contribution in [-0.4, -0.2) is 5.91 Å². The second-order valence-corrected chi connectivity index (χ2v) is 4.80. The fourth-order valence-corrected chi connectivity index (χ4v) is 2.45. The Labute approximate surface area is 111 Å². The van der Waals surface area contributed by atoms with E-state index in [1.54, 1.807) is 12.1 Å². The molecule has 0 unspecified atom stereocenters. The molecule has 0 spiro atoms. The zero-order valence-electron chi connectivity index (χ0n) is 10.4. The molecule has 2 aromatic carbocycles. The Morgan fingerprint density at radius 1 is 1.00 bits per heavy atom. The van der Waals surface area contributed by atoms with E-state index in [0.717, 1.165) is 12.8 Å². The van der Waals surface area contributed by atoms with Gasteiger partial charge in [0.15, 0.2) is 0 Å². The zero-order chi connectivity index (χ0) is 13.2. The monoisotopic (exact) mass is 255 g/mol. The van der Waals surface area contributed by atoms with Crippen molar-refractivity contribution >= 4 is 11.6 Å². The van der Waals surface area contributed by atoms with E-state index in [1.807, 2.05) is 18.2 Å². The number of carbonyl (C=O) groups excluding carboxylic acids is 1. The van der Waals surface area contributed by atoms with Crippen LogP contribution in [0, 0.1) is 5.82 Å². The highest BCUT2D eigenvalue weighted by molar-refractivity contribution is 6.04. The number of anilines is 1. The van der Waals surface area contributed by atoms with Gasteiger partial charge in [-0.1, -0.05) is 6.07 Å². The molecule has 0 saturated heterocycles. The smallest absolute Gasteiger partial charge is 0.255 e. The third kappa shape index (κ3) is 2.50. The van der Waals surface area contributed by atoms with Gasteiger partial charge < -0.3 is 5.32 Å². The quantitative estimate of drug-likeness (QED) is 0.873. The van der Waals surface area contributed by atoms with E-state index in [4.69, 9.17) is 0 Å². The molecule has 0 fully saturated rings. The van der Waals surface area contributed by atoms with Gasteiger partial charge in [-0.15, -0.1) is 0 Å². The van der Waals surface area contributed by atoms with Crippen LogP contribution >= 0.6 is 0 Å². The van der Waals surface area contributed by atoms with Gasteiger partial charge in [-0.3, -0.25) is 4.79 Å². The third-order valence-electron chi connectivity index (χ3n) is 3.46. The normalized spacial score (nSPS) is 13.1. The Bertz CT molecular complexity index is 619. The fourth-order valence-electron chi connectivity index (χ4n) is 2.45. The molecule has 1 aliphatic rings. The van der Waals surface area contributed by atoms with Crippen LogP contribution < -0.4 is 5.32 Å². The van der Waals surface area contributed by atoms with Crippen molar-refractivity contribution in [2.24, 2.45) is 0 Å². The number of carbonyl (C=O) groups is 1. The molecule has 2 aromatic rings. The average Bonchev–Trinajstić information content (AvgIpc) is 2.88. The molecule has 1 N–H and O–H groups in total. The number of nitrogens with one attached hydrogen (secondary N) is 1. The summed E-state index contributed by atoms with van der Waals surface area (Å²) in [6.45, 7) is 0. The number of amides is 1. The summed E-state index contributed by atoms with van der Waals surface area (Å²) in [6, 6.07) is 11.6. The Hall–Kier alpha value is -2.16. The zero-order valence-corrected chi connectivity index (χ0v) is 10.4. The molecule has 0 atom stereocenters. The van der Waals surface area contributed by atoms with E-state index >= 15 is 0 Å². The minimum Gasteiger partial charge on any atom is -0.322 e. The van der Waals surface area contributed by atoms with Gasteiger partial charge in [0.2, 0.25) is 0 Å². The van der Waals surface area contributed by atoms with Crippen LogP contribution in [0.4, 0.5) is 10.1 Å². The number of hydrogen-bond acceptors (Lipinski definition) is 1. The Kier molecular flexibility index (Phi) is 3.03. The summed E-state index contributed by atoms with van der Waals surface area (Å²) < 4.78 is 12.8. The lowest BCUT2D eigenvalue weighted by molar-refractivity contribution is 0.102. The third-order valence-corrected chi connectivity index (χ3v) is 3.46. The molecule has 1 aliphatic carbocycles. The van der Waals surface area contributed by atoms with E-state index in [2.05, 4.69) is 5.32 Å². The summed E-state index contributed by atoms with van der Waals surface area (Å²) in [6.07, 6.45) is 3.32. The molecule has 3 heteroatoms.